The first kappa shape index (κ1) is 87.0. The molecule has 0 aliphatic heterocycles. The Morgan fingerprint density at radius 2 is 1.17 bits per heavy atom. The third kappa shape index (κ3) is 25.0. The van der Waals surface area contributed by atoms with Gasteiger partial charge in [0, 0.05) is 43.9 Å². The Kier molecular flexibility index (Phi) is 31.5. The summed E-state index contributed by atoms with van der Waals surface area (Å²) >= 11 is 6.10. The average molecular weight is 1780 g/mol. The normalized spacial score (nSPS) is 19.7. The largest absolute Gasteiger partial charge is 0.748 e. The minimum Gasteiger partial charge on any atom is -0.748 e. The molecule has 11 rings (SSSR count). The highest BCUT2D eigenvalue weighted by molar-refractivity contribution is 14.1. The maximum absolute atomic E-state index is 13.3. The Morgan fingerprint density at radius 1 is 0.683 bits per heavy atom. The fraction of sp³-hybridized carbons (Fsp3) is 0.551. The van der Waals surface area contributed by atoms with Crippen LogP contribution >= 0.6 is 78.2 Å². The molecular weight excluding hydrogens is 1680 g/mol. The first-order chi connectivity index (χ1) is 46.8. The van der Waals surface area contributed by atoms with Gasteiger partial charge in [-0.1, -0.05) is 89.2 Å². The molecule has 4 atom stereocenters. The molecule has 15 nitrogen and oxygen atoms in total. The molecule has 1 aromatic heterocycles. The van der Waals surface area contributed by atoms with Gasteiger partial charge in [0.15, 0.2) is 14.3 Å². The summed E-state index contributed by atoms with van der Waals surface area (Å²) in [5.41, 5.74) is -2.29. The second-order valence-electron chi connectivity index (χ2n) is 30.4. The number of carbonyl (C=O) groups is 5. The summed E-state index contributed by atoms with van der Waals surface area (Å²) in [6.07, 6.45) is 2.06. The van der Waals surface area contributed by atoms with Crippen LogP contribution in [0.2, 0.25) is 0 Å². The zero-order chi connectivity index (χ0) is 75.9. The van der Waals surface area contributed by atoms with Gasteiger partial charge in [0.05, 0.1) is 64.6 Å². The topological polar surface area (TPSA) is 223 Å². The average Bonchev–Trinajstić information content (AvgIpc) is 1.45. The Bertz CT molecular complexity index is 3830. The summed E-state index contributed by atoms with van der Waals surface area (Å²) in [7, 11) is 1.03. The standard InChI is InChI=1S/C20H29F3O7S.C18H13S.C12H22O2.C11H24NO2.C10H14O.C7H3I3O2/c1-4-17(2,3)15(24)30-19-8-12-5-13(9-19)7-18(6-12,11-19)16(25)29-14(20(21,22)23)10-31(26,27)28;1-2-8-14(9-3-1)19-17-12-6-4-10-15(17)16-11-5-7-13-18(16)19;1-5-11(2,3)10(13)14-12(4)8-6-7-9-12;1-7-11(2,3)10(13)14-9-8-12(4,5)6;1-3-8(2)9-5-4-6-10(11)7-9;8-3-1-2-4(9)6(10)5(3)7(11)12/h12-14H,4-11H2,1-3H3,(H,26,27,28);1-13H;5-9H2,1-4H3;7-9H2,1-6H3;4-8,11H,3H2,1-2H3;1-2H,(H,11,12)/q;+1;;+1;;/p-2. The van der Waals surface area contributed by atoms with Crippen LogP contribution in [0.25, 0.3) is 25.1 Å². The smallest absolute Gasteiger partial charge is 0.426 e. The van der Waals surface area contributed by atoms with Crippen LogP contribution < -0.4 is 5.11 Å². The molecule has 1 N–H and O–H groups in total. The van der Waals surface area contributed by atoms with Gasteiger partial charge in [0.1, 0.15) is 30.1 Å². The zero-order valence-electron chi connectivity index (χ0n) is 61.1. The van der Waals surface area contributed by atoms with Gasteiger partial charge in [0.2, 0.25) is 6.10 Å². The third-order valence-corrected chi connectivity index (χ3v) is 26.8. The predicted octanol–water partition coefficient (Wildman–Crippen LogP) is 18.8. The van der Waals surface area contributed by atoms with Gasteiger partial charge in [0.25, 0.3) is 0 Å². The van der Waals surface area contributed by atoms with E-state index in [0.29, 0.717) is 55.9 Å². The number of esters is 4. The molecule has 4 unspecified atom stereocenters. The minimum absolute atomic E-state index is 0.00100. The summed E-state index contributed by atoms with van der Waals surface area (Å²) in [4.78, 5) is 61.2. The Morgan fingerprint density at radius 3 is 1.62 bits per heavy atom. The molecule has 5 fully saturated rings. The molecular formula is C78H103F3I3NO14S2. The summed E-state index contributed by atoms with van der Waals surface area (Å²) in [5.74, 6) is -3.77. The number of rotatable bonds is 19. The molecule has 6 aromatic rings. The van der Waals surface area contributed by atoms with Crippen LogP contribution in [0.3, 0.4) is 0 Å². The number of carbonyl (C=O) groups excluding carboxylic acids is 5. The number of carboxylic acids is 1. The highest BCUT2D eigenvalue weighted by Crippen LogP contribution is 2.64. The lowest BCUT2D eigenvalue weighted by molar-refractivity contribution is -0.870. The Balaban J connectivity index is 0.000000229. The van der Waals surface area contributed by atoms with E-state index in [4.69, 9.17) is 19.3 Å². The molecule has 4 bridgehead atoms. The number of thiophene rings is 1. The van der Waals surface area contributed by atoms with Crippen LogP contribution in [0.4, 0.5) is 13.2 Å². The van der Waals surface area contributed by atoms with E-state index in [1.54, 1.807) is 26.0 Å². The molecule has 5 aliphatic carbocycles. The number of fused-ring (bicyclic) bond motifs is 3. The molecule has 558 valence electrons. The maximum Gasteiger partial charge on any atom is 0.426 e. The van der Waals surface area contributed by atoms with Crippen LogP contribution in [0, 0.1) is 44.2 Å². The van der Waals surface area contributed by atoms with Crippen LogP contribution in [-0.2, 0) is 48.2 Å². The molecule has 5 saturated carbocycles. The highest BCUT2D eigenvalue weighted by atomic mass is 127. The Hall–Kier alpha value is -4.68. The van der Waals surface area contributed by atoms with Crippen molar-refractivity contribution in [1.29, 1.82) is 0 Å². The fourth-order valence-electron chi connectivity index (χ4n) is 12.6. The van der Waals surface area contributed by atoms with E-state index in [9.17, 15) is 55.2 Å². The number of likely N-dealkylation sites (N-methyl/N-ethyl adjacent to an activating group) is 1. The zero-order valence-corrected chi connectivity index (χ0v) is 69.2. The quantitative estimate of drug-likeness (QED) is 0.0152. The molecule has 101 heavy (non-hydrogen) atoms. The number of aromatic carboxylic acids is 1. The van der Waals surface area contributed by atoms with Crippen molar-refractivity contribution in [3.8, 4) is 10.6 Å². The summed E-state index contributed by atoms with van der Waals surface area (Å²) in [6, 6.07) is 39.5. The molecule has 5 aromatic carbocycles. The molecule has 1 heterocycles. The predicted molar refractivity (Wildman–Crippen MR) is 416 cm³/mol. The van der Waals surface area contributed by atoms with E-state index < -0.39 is 62.5 Å². The second-order valence-corrected chi connectivity index (χ2v) is 37.2. The molecule has 0 saturated heterocycles. The number of nitrogens with zero attached hydrogens (tertiary/aromatic N) is 1. The van der Waals surface area contributed by atoms with E-state index >= 15 is 0 Å². The number of quaternary nitrogens is 1. The third-order valence-electron chi connectivity index (χ3n) is 19.8. The number of hydrogen-bond donors (Lipinski definition) is 1. The number of carboxylic acid groups (broad SMARTS) is 1. The van der Waals surface area contributed by atoms with Crippen molar-refractivity contribution in [2.45, 2.75) is 202 Å². The van der Waals surface area contributed by atoms with Crippen molar-refractivity contribution >= 4 is 138 Å². The van der Waals surface area contributed by atoms with Gasteiger partial charge < -0.3 is 43.0 Å². The van der Waals surface area contributed by atoms with Crippen LogP contribution in [-0.4, -0.2) is 116 Å². The number of alkyl halides is 3. The van der Waals surface area contributed by atoms with Crippen LogP contribution in [0.5, 0.6) is 5.75 Å². The Labute approximate surface area is 640 Å². The number of ether oxygens (including phenoxy) is 4. The van der Waals surface area contributed by atoms with Crippen molar-refractivity contribution in [2.24, 2.45) is 33.5 Å². The van der Waals surface area contributed by atoms with Gasteiger partial charge in [-0.05, 0) is 284 Å². The number of phenolic OH excluding ortho intramolecular Hbond substituents is 1. The number of benzene rings is 5. The lowest BCUT2D eigenvalue weighted by atomic mass is 9.48. The maximum atomic E-state index is 13.3. The fourth-order valence-corrected chi connectivity index (χ4v) is 17.9. The van der Waals surface area contributed by atoms with Crippen molar-refractivity contribution in [3.63, 3.8) is 0 Å². The number of hydrogen-bond acceptors (Lipinski definition) is 14. The monoisotopic (exact) mass is 1780 g/mol. The first-order valence-corrected chi connectivity index (χ1v) is 40.6. The number of halogens is 6. The van der Waals surface area contributed by atoms with Crippen molar-refractivity contribution in [1.82, 2.24) is 0 Å². The van der Waals surface area contributed by atoms with E-state index in [2.05, 4.69) is 148 Å². The molecule has 0 radical (unpaired) electrons. The van der Waals surface area contributed by atoms with E-state index in [1.165, 1.54) is 43.5 Å². The molecule has 0 amide bonds. The lowest BCUT2D eigenvalue weighted by Gasteiger charge is -2.60. The first-order valence-electron chi connectivity index (χ1n) is 34.6. The van der Waals surface area contributed by atoms with Gasteiger partial charge in [-0.15, -0.1) is 0 Å². The highest BCUT2D eigenvalue weighted by Gasteiger charge is 2.64. The summed E-state index contributed by atoms with van der Waals surface area (Å²) < 4.78 is 100.0. The van der Waals surface area contributed by atoms with Crippen molar-refractivity contribution < 1.29 is 83.8 Å². The number of phenols is 1. The van der Waals surface area contributed by atoms with E-state index in [0.717, 1.165) is 60.3 Å². The summed E-state index contributed by atoms with van der Waals surface area (Å²) in [6.45, 7) is 24.8. The molecule has 0 spiro atoms. The lowest BCUT2D eigenvalue weighted by Crippen LogP contribution is -2.61. The molecule has 5 aliphatic rings. The summed E-state index contributed by atoms with van der Waals surface area (Å²) in [5, 5.41) is 22.6. The SMILES string of the molecule is CCC(C)(C)C(=O)OC1(C)CCCC1.CCC(C)(C)C(=O)OC12CC3CC(C1)CC(C(=O)OC(CS(=O)(=O)[O-])C(F)(F)F)(C3)C2.CCC(C)(C)C(=O)OCC[N+](C)(C)C.CCC(C)c1cccc(O)c1.O=C([O-])c1c(I)ccc(I)c1I.c1ccc(-[s+]2c3ccccc3c3ccccc32)cc1. The van der Waals surface area contributed by atoms with Crippen molar-refractivity contribution in [2.75, 3.05) is 40.0 Å². The van der Waals surface area contributed by atoms with Crippen LogP contribution in [0.15, 0.2) is 115 Å². The van der Waals surface area contributed by atoms with Crippen LogP contribution in [0.1, 0.15) is 195 Å². The van der Waals surface area contributed by atoms with Gasteiger partial charge in [-0.25, -0.2) is 8.42 Å². The van der Waals surface area contributed by atoms with Crippen molar-refractivity contribution in [3.05, 3.63) is 137 Å². The van der Waals surface area contributed by atoms with E-state index in [1.807, 2.05) is 118 Å². The molecule has 23 heteroatoms. The van der Waals surface area contributed by atoms with Gasteiger partial charge in [-0.3, -0.25) is 19.2 Å². The second kappa shape index (κ2) is 36.5. The van der Waals surface area contributed by atoms with E-state index in [-0.39, 0.29) is 57.1 Å². The minimum atomic E-state index is -5.27. The van der Waals surface area contributed by atoms with Gasteiger partial charge in [-0.2, -0.15) is 13.2 Å². The van der Waals surface area contributed by atoms with Gasteiger partial charge >= 0.3 is 30.1 Å². The number of aromatic hydroxyl groups is 1.